The lowest BCUT2D eigenvalue weighted by molar-refractivity contribution is -0.130. The molecule has 0 spiro atoms. The number of carbonyl (C=O) groups excluding carboxylic acids is 1. The first-order valence-corrected chi connectivity index (χ1v) is 3.37. The lowest BCUT2D eigenvalue weighted by Crippen LogP contribution is -2.18. The minimum absolute atomic E-state index is 0.463. The van der Waals surface area contributed by atoms with Crippen molar-refractivity contribution in [3.05, 3.63) is 23.8 Å². The lowest BCUT2D eigenvalue weighted by atomic mass is 10.3. The second kappa shape index (κ2) is 3.44. The van der Waals surface area contributed by atoms with Crippen LogP contribution in [0.2, 0.25) is 0 Å². The molecule has 74 valence electrons. The summed E-state index contributed by atoms with van der Waals surface area (Å²) in [5, 5.41) is 8.38. The molecule has 0 aliphatic rings. The van der Waals surface area contributed by atoms with Crippen molar-refractivity contribution < 1.29 is 23.5 Å². The Labute approximate surface area is 76.4 Å². The monoisotopic (exact) mass is 202 g/mol. The molecule has 0 atom stereocenters. The van der Waals surface area contributed by atoms with Crippen LogP contribution in [-0.2, 0) is 10.7 Å². The summed E-state index contributed by atoms with van der Waals surface area (Å²) in [7, 11) is 0. The molecule has 0 fully saturated rings. The molecular formula is C7H4F2N2O3. The fraction of sp³-hybridized carbons (Fsp3) is 0.143. The Kier molecular flexibility index (Phi) is 2.50. The van der Waals surface area contributed by atoms with Crippen molar-refractivity contribution in [2.75, 3.05) is 0 Å². The van der Waals surface area contributed by atoms with E-state index >= 15 is 0 Å². The normalized spacial score (nSPS) is 11.0. The number of aromatic carboxylic acids is 1. The van der Waals surface area contributed by atoms with Gasteiger partial charge in [-0.2, -0.15) is 8.78 Å². The van der Waals surface area contributed by atoms with Crippen molar-refractivity contribution >= 4 is 12.3 Å². The van der Waals surface area contributed by atoms with Crippen molar-refractivity contribution in [2.24, 2.45) is 0 Å². The molecule has 1 N–H and O–H groups in total. The van der Waals surface area contributed by atoms with E-state index in [4.69, 9.17) is 5.11 Å². The first-order chi connectivity index (χ1) is 6.47. The van der Waals surface area contributed by atoms with Gasteiger partial charge in [0.05, 0.1) is 12.4 Å². The number of hydrogen-bond acceptors (Lipinski definition) is 4. The second-order valence-corrected chi connectivity index (χ2v) is 2.33. The highest BCUT2D eigenvalue weighted by molar-refractivity contribution is 5.84. The maximum atomic E-state index is 12.6. The summed E-state index contributed by atoms with van der Waals surface area (Å²) in [6.45, 7) is 0. The quantitative estimate of drug-likeness (QED) is 0.720. The van der Waals surface area contributed by atoms with E-state index < -0.39 is 29.6 Å². The van der Waals surface area contributed by atoms with E-state index in [1.807, 2.05) is 0 Å². The molecule has 14 heavy (non-hydrogen) atoms. The molecular weight excluding hydrogens is 198 g/mol. The predicted octanol–water partition coefficient (Wildman–Crippen LogP) is 0.466. The minimum atomic E-state index is -3.73. The molecule has 7 heteroatoms. The van der Waals surface area contributed by atoms with Gasteiger partial charge in [0.1, 0.15) is 5.69 Å². The smallest absolute Gasteiger partial charge is 0.356 e. The fourth-order valence-corrected chi connectivity index (χ4v) is 0.671. The summed E-state index contributed by atoms with van der Waals surface area (Å²) in [6.07, 6.45) is 0.629. The largest absolute Gasteiger partial charge is 0.476 e. The molecule has 0 radical (unpaired) electrons. The zero-order valence-corrected chi connectivity index (χ0v) is 6.65. The van der Waals surface area contributed by atoms with Gasteiger partial charge < -0.3 is 5.11 Å². The van der Waals surface area contributed by atoms with Crippen LogP contribution in [0, 0.1) is 0 Å². The lowest BCUT2D eigenvalue weighted by Gasteiger charge is -2.06. The Hall–Kier alpha value is -1.92. The Morgan fingerprint density at radius 3 is 2.43 bits per heavy atom. The van der Waals surface area contributed by atoms with Gasteiger partial charge in [-0.3, -0.25) is 9.78 Å². The number of carboxylic acids is 1. The summed E-state index contributed by atoms with van der Waals surface area (Å²) in [5.74, 6) is -5.11. The summed E-state index contributed by atoms with van der Waals surface area (Å²) in [5.41, 5.74) is -1.34. The summed E-state index contributed by atoms with van der Waals surface area (Å²) >= 11 is 0. The van der Waals surface area contributed by atoms with Crippen molar-refractivity contribution in [2.45, 2.75) is 5.92 Å². The Bertz CT molecular complexity index is 364. The first-order valence-electron chi connectivity index (χ1n) is 3.37. The second-order valence-electron chi connectivity index (χ2n) is 2.33. The molecule has 0 bridgehead atoms. The van der Waals surface area contributed by atoms with Crippen LogP contribution < -0.4 is 0 Å². The summed E-state index contributed by atoms with van der Waals surface area (Å²) < 4.78 is 25.2. The average Bonchev–Trinajstić information content (AvgIpc) is 2.18. The van der Waals surface area contributed by atoms with Crippen molar-refractivity contribution in [1.82, 2.24) is 9.97 Å². The van der Waals surface area contributed by atoms with E-state index in [0.29, 0.717) is 12.4 Å². The van der Waals surface area contributed by atoms with Crippen LogP contribution in [0.3, 0.4) is 0 Å². The van der Waals surface area contributed by atoms with E-state index in [1.54, 1.807) is 0 Å². The van der Waals surface area contributed by atoms with E-state index in [1.165, 1.54) is 0 Å². The van der Waals surface area contributed by atoms with Crippen LogP contribution >= 0.6 is 0 Å². The van der Waals surface area contributed by atoms with Gasteiger partial charge in [-0.1, -0.05) is 0 Å². The summed E-state index contributed by atoms with van der Waals surface area (Å²) in [4.78, 5) is 26.5. The highest BCUT2D eigenvalue weighted by Crippen LogP contribution is 2.22. The molecule has 0 amide bonds. The molecule has 0 saturated carbocycles. The van der Waals surface area contributed by atoms with Crippen LogP contribution in [0.5, 0.6) is 0 Å². The third kappa shape index (κ3) is 1.87. The van der Waals surface area contributed by atoms with Gasteiger partial charge in [-0.15, -0.1) is 0 Å². The molecule has 0 unspecified atom stereocenters. The van der Waals surface area contributed by atoms with E-state index in [2.05, 4.69) is 9.97 Å². The van der Waals surface area contributed by atoms with Gasteiger partial charge in [0.15, 0.2) is 12.0 Å². The molecule has 0 saturated heterocycles. The van der Waals surface area contributed by atoms with E-state index in [0.717, 1.165) is 0 Å². The zero-order chi connectivity index (χ0) is 10.8. The summed E-state index contributed by atoms with van der Waals surface area (Å²) in [6, 6.07) is 0. The topological polar surface area (TPSA) is 80.2 Å². The van der Waals surface area contributed by atoms with E-state index in [9.17, 15) is 18.4 Å². The van der Waals surface area contributed by atoms with Crippen LogP contribution in [-0.4, -0.2) is 27.3 Å². The van der Waals surface area contributed by atoms with Crippen molar-refractivity contribution in [3.63, 3.8) is 0 Å². The first kappa shape index (κ1) is 10.2. The van der Waals surface area contributed by atoms with Crippen LogP contribution in [0.15, 0.2) is 12.4 Å². The number of aldehydes is 1. The van der Waals surface area contributed by atoms with Gasteiger partial charge >= 0.3 is 11.9 Å². The molecule has 0 aliphatic heterocycles. The minimum Gasteiger partial charge on any atom is -0.476 e. The molecule has 0 aromatic carbocycles. The Morgan fingerprint density at radius 1 is 1.43 bits per heavy atom. The molecule has 1 rings (SSSR count). The predicted molar refractivity (Wildman–Crippen MR) is 38.9 cm³/mol. The van der Waals surface area contributed by atoms with Crippen LogP contribution in [0.25, 0.3) is 0 Å². The van der Waals surface area contributed by atoms with Crippen molar-refractivity contribution in [1.29, 1.82) is 0 Å². The number of carboxylic acid groups (broad SMARTS) is 1. The fourth-order valence-electron chi connectivity index (χ4n) is 0.671. The average molecular weight is 202 g/mol. The molecule has 5 nitrogen and oxygen atoms in total. The van der Waals surface area contributed by atoms with E-state index in [-0.39, 0.29) is 0 Å². The number of aromatic nitrogens is 2. The highest BCUT2D eigenvalue weighted by atomic mass is 19.3. The Morgan fingerprint density at radius 2 is 2.07 bits per heavy atom. The molecule has 1 heterocycles. The van der Waals surface area contributed by atoms with Crippen molar-refractivity contribution in [3.8, 4) is 0 Å². The maximum Gasteiger partial charge on any atom is 0.356 e. The molecule has 1 aromatic heterocycles. The van der Waals surface area contributed by atoms with Gasteiger partial charge in [-0.05, 0) is 0 Å². The number of carbonyl (C=O) groups is 2. The van der Waals surface area contributed by atoms with Gasteiger partial charge in [0.25, 0.3) is 0 Å². The van der Waals surface area contributed by atoms with Gasteiger partial charge in [-0.25, -0.2) is 9.78 Å². The number of nitrogens with zero attached hydrogens (tertiary/aromatic N) is 2. The maximum absolute atomic E-state index is 12.6. The molecule has 0 aliphatic carbocycles. The third-order valence-electron chi connectivity index (χ3n) is 1.36. The van der Waals surface area contributed by atoms with Crippen LogP contribution in [0.1, 0.15) is 16.2 Å². The van der Waals surface area contributed by atoms with Gasteiger partial charge in [0.2, 0.25) is 0 Å². The number of halogens is 2. The number of hydrogen-bond donors (Lipinski definition) is 1. The zero-order valence-electron chi connectivity index (χ0n) is 6.65. The highest BCUT2D eigenvalue weighted by Gasteiger charge is 2.33. The SMILES string of the molecule is O=CC(F)(F)c1cnc(C(=O)O)cn1. The molecule has 1 aromatic rings. The van der Waals surface area contributed by atoms with Crippen LogP contribution in [0.4, 0.5) is 8.78 Å². The number of rotatable bonds is 3. The Balaban J connectivity index is 3.05. The van der Waals surface area contributed by atoms with Gasteiger partial charge in [0, 0.05) is 0 Å². The standard InChI is InChI=1S/C7H4F2N2O3/c8-7(9,3-12)5-2-10-4(1-11-5)6(13)14/h1-3H,(H,13,14). The third-order valence-corrected chi connectivity index (χ3v) is 1.36. The number of alkyl halides is 2.